The van der Waals surface area contributed by atoms with Crippen LogP contribution in [0, 0.1) is 0 Å². The van der Waals surface area contributed by atoms with Crippen LogP contribution in [0.3, 0.4) is 0 Å². The first-order valence-electron chi connectivity index (χ1n) is 7.78. The molecular formula is C18H20Cl2N2O3S. The fourth-order valence-electron chi connectivity index (χ4n) is 2.20. The van der Waals surface area contributed by atoms with Crippen LogP contribution in [0.4, 0.5) is 5.69 Å². The fraction of sp³-hybridized carbons (Fsp3) is 0.278. The molecule has 1 N–H and O–H groups in total. The van der Waals surface area contributed by atoms with E-state index in [0.29, 0.717) is 10.7 Å². The predicted octanol–water partition coefficient (Wildman–Crippen LogP) is 4.35. The molecule has 0 aromatic heterocycles. The highest BCUT2D eigenvalue weighted by molar-refractivity contribution is 7.92. The van der Waals surface area contributed by atoms with Gasteiger partial charge in [-0.05, 0) is 63.2 Å². The number of halogens is 2. The van der Waals surface area contributed by atoms with E-state index in [2.05, 4.69) is 5.32 Å². The molecule has 0 saturated carbocycles. The van der Waals surface area contributed by atoms with Crippen LogP contribution >= 0.6 is 23.2 Å². The lowest BCUT2D eigenvalue weighted by Gasteiger charge is -2.22. The van der Waals surface area contributed by atoms with Crippen LogP contribution in [0.5, 0.6) is 0 Å². The summed E-state index contributed by atoms with van der Waals surface area (Å²) in [5, 5.41) is 3.44. The molecule has 2 aromatic carbocycles. The molecule has 0 unspecified atom stereocenters. The Morgan fingerprint density at radius 2 is 1.62 bits per heavy atom. The summed E-state index contributed by atoms with van der Waals surface area (Å²) in [4.78, 5) is 12.4. The lowest BCUT2D eigenvalue weighted by atomic mass is 10.1. The molecule has 140 valence electrons. The maximum absolute atomic E-state index is 12.7. The minimum absolute atomic E-state index is 0.107. The van der Waals surface area contributed by atoms with Crippen molar-refractivity contribution in [1.82, 2.24) is 5.32 Å². The van der Waals surface area contributed by atoms with Gasteiger partial charge in [-0.1, -0.05) is 23.2 Å². The average Bonchev–Trinajstić information content (AvgIpc) is 2.52. The minimum Gasteiger partial charge on any atom is -0.347 e. The van der Waals surface area contributed by atoms with Gasteiger partial charge in [-0.15, -0.1) is 0 Å². The van der Waals surface area contributed by atoms with Crippen molar-refractivity contribution in [2.24, 2.45) is 0 Å². The van der Waals surface area contributed by atoms with Crippen molar-refractivity contribution < 1.29 is 13.2 Å². The molecule has 0 heterocycles. The SMILES string of the molecule is CN(c1ccc(C(=O)NC(C)(C)C)c(Cl)c1)S(=O)(=O)c1ccc(Cl)cc1. The topological polar surface area (TPSA) is 66.5 Å². The van der Waals surface area contributed by atoms with Crippen LogP contribution in [-0.4, -0.2) is 26.9 Å². The van der Waals surface area contributed by atoms with E-state index in [1.807, 2.05) is 20.8 Å². The Labute approximate surface area is 164 Å². The number of sulfonamides is 1. The average molecular weight is 415 g/mol. The van der Waals surface area contributed by atoms with Crippen LogP contribution in [0.2, 0.25) is 10.0 Å². The number of benzene rings is 2. The summed E-state index contributed by atoms with van der Waals surface area (Å²) in [5.41, 5.74) is 0.216. The van der Waals surface area contributed by atoms with Crippen LogP contribution in [0.15, 0.2) is 47.4 Å². The van der Waals surface area contributed by atoms with Crippen molar-refractivity contribution in [3.8, 4) is 0 Å². The van der Waals surface area contributed by atoms with Gasteiger partial charge in [0.15, 0.2) is 0 Å². The third-order valence-corrected chi connectivity index (χ3v) is 5.89. The first-order valence-corrected chi connectivity index (χ1v) is 9.98. The van der Waals surface area contributed by atoms with Gasteiger partial charge in [0.25, 0.3) is 15.9 Å². The molecule has 5 nitrogen and oxygen atoms in total. The molecule has 0 atom stereocenters. The smallest absolute Gasteiger partial charge is 0.264 e. The summed E-state index contributed by atoms with van der Waals surface area (Å²) in [6.07, 6.45) is 0. The first kappa shape index (κ1) is 20.6. The van der Waals surface area contributed by atoms with Gasteiger partial charge in [-0.25, -0.2) is 8.42 Å². The van der Waals surface area contributed by atoms with Gasteiger partial charge < -0.3 is 5.32 Å². The second-order valence-electron chi connectivity index (χ2n) is 6.79. The monoisotopic (exact) mass is 414 g/mol. The lowest BCUT2D eigenvalue weighted by molar-refractivity contribution is 0.0919. The number of anilines is 1. The highest BCUT2D eigenvalue weighted by Gasteiger charge is 2.23. The fourth-order valence-corrected chi connectivity index (χ4v) is 3.77. The van der Waals surface area contributed by atoms with E-state index in [1.165, 1.54) is 49.5 Å². The Kier molecular flexibility index (Phi) is 5.90. The van der Waals surface area contributed by atoms with Crippen molar-refractivity contribution in [2.45, 2.75) is 31.2 Å². The molecule has 0 aliphatic rings. The van der Waals surface area contributed by atoms with Crippen LogP contribution in [-0.2, 0) is 10.0 Å². The zero-order chi connectivity index (χ0) is 19.7. The normalized spacial score (nSPS) is 11.9. The number of rotatable bonds is 4. The standard InChI is InChI=1S/C18H20Cl2N2O3S/c1-18(2,3)21-17(23)15-10-7-13(11-16(15)20)22(4)26(24,25)14-8-5-12(19)6-9-14/h5-11H,1-4H3,(H,21,23). The molecule has 0 fully saturated rings. The van der Waals surface area contributed by atoms with Gasteiger partial charge in [-0.3, -0.25) is 9.10 Å². The summed E-state index contributed by atoms with van der Waals surface area (Å²) in [6, 6.07) is 10.4. The highest BCUT2D eigenvalue weighted by atomic mass is 35.5. The number of carbonyl (C=O) groups is 1. The van der Waals surface area contributed by atoms with Crippen molar-refractivity contribution in [1.29, 1.82) is 0 Å². The number of amides is 1. The molecule has 0 aliphatic carbocycles. The molecule has 0 spiro atoms. The number of nitrogens with one attached hydrogen (secondary N) is 1. The number of nitrogens with zero attached hydrogens (tertiary/aromatic N) is 1. The third-order valence-electron chi connectivity index (χ3n) is 3.52. The zero-order valence-electron chi connectivity index (χ0n) is 14.9. The van der Waals surface area contributed by atoms with Crippen LogP contribution in [0.25, 0.3) is 0 Å². The zero-order valence-corrected chi connectivity index (χ0v) is 17.2. The molecular weight excluding hydrogens is 395 g/mol. The van der Waals surface area contributed by atoms with E-state index < -0.39 is 15.6 Å². The number of hydrogen-bond donors (Lipinski definition) is 1. The van der Waals surface area contributed by atoms with E-state index in [1.54, 1.807) is 0 Å². The molecule has 1 amide bonds. The summed E-state index contributed by atoms with van der Waals surface area (Å²) >= 11 is 12.0. The van der Waals surface area contributed by atoms with Crippen molar-refractivity contribution in [2.75, 3.05) is 11.4 Å². The Hall–Kier alpha value is -1.76. The molecule has 0 bridgehead atoms. The van der Waals surface area contributed by atoms with Crippen molar-refractivity contribution >= 4 is 44.8 Å². The predicted molar refractivity (Wildman–Crippen MR) is 106 cm³/mol. The second kappa shape index (κ2) is 7.47. The van der Waals surface area contributed by atoms with E-state index in [9.17, 15) is 13.2 Å². The Bertz CT molecular complexity index is 920. The van der Waals surface area contributed by atoms with Gasteiger partial charge in [0.05, 0.1) is 21.2 Å². The summed E-state index contributed by atoms with van der Waals surface area (Å²) in [7, 11) is -2.35. The van der Waals surface area contributed by atoms with E-state index in [4.69, 9.17) is 23.2 Å². The first-order chi connectivity index (χ1) is 11.9. The van der Waals surface area contributed by atoms with E-state index in [-0.39, 0.29) is 21.4 Å². The van der Waals surface area contributed by atoms with E-state index in [0.717, 1.165) is 4.31 Å². The van der Waals surface area contributed by atoms with Gasteiger partial charge in [0, 0.05) is 17.6 Å². The highest BCUT2D eigenvalue weighted by Crippen LogP contribution is 2.28. The Balaban J connectivity index is 2.33. The molecule has 0 radical (unpaired) electrons. The van der Waals surface area contributed by atoms with E-state index >= 15 is 0 Å². The minimum atomic E-state index is -3.77. The molecule has 8 heteroatoms. The van der Waals surface area contributed by atoms with Crippen molar-refractivity contribution in [3.63, 3.8) is 0 Å². The maximum Gasteiger partial charge on any atom is 0.264 e. The van der Waals surface area contributed by atoms with Gasteiger partial charge >= 0.3 is 0 Å². The Morgan fingerprint density at radius 1 is 1.04 bits per heavy atom. The summed E-state index contributed by atoms with van der Waals surface area (Å²) < 4.78 is 26.5. The molecule has 2 rings (SSSR count). The number of carbonyl (C=O) groups excluding carboxylic acids is 1. The second-order valence-corrected chi connectivity index (χ2v) is 9.61. The molecule has 0 saturated heterocycles. The van der Waals surface area contributed by atoms with Crippen LogP contribution in [0.1, 0.15) is 31.1 Å². The van der Waals surface area contributed by atoms with Gasteiger partial charge in [-0.2, -0.15) is 0 Å². The lowest BCUT2D eigenvalue weighted by Crippen LogP contribution is -2.40. The maximum atomic E-state index is 12.7. The molecule has 2 aromatic rings. The van der Waals surface area contributed by atoms with Crippen molar-refractivity contribution in [3.05, 3.63) is 58.1 Å². The molecule has 26 heavy (non-hydrogen) atoms. The van der Waals surface area contributed by atoms with Crippen LogP contribution < -0.4 is 9.62 Å². The van der Waals surface area contributed by atoms with Gasteiger partial charge in [0.1, 0.15) is 0 Å². The largest absolute Gasteiger partial charge is 0.347 e. The number of hydrogen-bond acceptors (Lipinski definition) is 3. The third kappa shape index (κ3) is 4.69. The summed E-state index contributed by atoms with van der Waals surface area (Å²) in [5.74, 6) is -0.322. The van der Waals surface area contributed by atoms with Gasteiger partial charge in [0.2, 0.25) is 0 Å². The quantitative estimate of drug-likeness (QED) is 0.808. The molecule has 0 aliphatic heterocycles. The Morgan fingerprint density at radius 3 is 2.12 bits per heavy atom. The summed E-state index contributed by atoms with van der Waals surface area (Å²) in [6.45, 7) is 5.58.